The highest BCUT2D eigenvalue weighted by molar-refractivity contribution is 6.06. The quantitative estimate of drug-likeness (QED) is 0.549. The molecule has 1 aromatic carbocycles. The topological polar surface area (TPSA) is 17.8 Å². The highest BCUT2D eigenvalue weighted by atomic mass is 15.0. The summed E-state index contributed by atoms with van der Waals surface area (Å²) in [6.45, 7) is 13.2. The molecule has 3 rings (SSSR count). The van der Waals surface area contributed by atoms with E-state index in [4.69, 9.17) is 12.0 Å². The molecule has 114 valence electrons. The molecule has 0 amide bonds. The van der Waals surface area contributed by atoms with Crippen molar-refractivity contribution in [1.29, 1.82) is 0 Å². The Kier molecular flexibility index (Phi) is 3.14. The maximum absolute atomic E-state index is 6.27. The zero-order valence-electron chi connectivity index (χ0n) is 14.4. The molecule has 0 fully saturated rings. The van der Waals surface area contributed by atoms with Gasteiger partial charge in [0.1, 0.15) is 0 Å². The molecule has 2 heterocycles. The molecule has 0 unspecified atom stereocenters. The first-order chi connectivity index (χ1) is 10.1. The average molecular weight is 292 g/mol. The minimum absolute atomic E-state index is 0.0266. The third-order valence-electron chi connectivity index (χ3n) is 4.28. The number of rotatable bonds is 0. The van der Waals surface area contributed by atoms with Crippen LogP contribution in [0.5, 0.6) is 0 Å². The molecule has 0 saturated heterocycles. The minimum atomic E-state index is 0.0266. The van der Waals surface area contributed by atoms with Gasteiger partial charge >= 0.3 is 0 Å². The number of pyridine rings is 1. The Morgan fingerprint density at radius 3 is 2.09 bits per heavy atom. The molecule has 22 heavy (non-hydrogen) atoms. The molecule has 0 spiro atoms. The standard InChI is InChI=1S/C20H24N2/c1-19(2,3)13-8-9-15-14(12-13)18-16(22(15)7)10-11-17(21-18)20(4,5)6/h7-12H,1-6H3. The molecule has 0 atom stereocenters. The second-order valence-corrected chi connectivity index (χ2v) is 8.17. The average Bonchev–Trinajstić information content (AvgIpc) is 2.70. The van der Waals surface area contributed by atoms with Gasteiger partial charge in [-0.1, -0.05) is 47.6 Å². The fourth-order valence-electron chi connectivity index (χ4n) is 2.79. The van der Waals surface area contributed by atoms with E-state index in [2.05, 4.69) is 71.9 Å². The monoisotopic (exact) mass is 292 g/mol. The Hall–Kier alpha value is -1.83. The fraction of sp³-hybridized carbons (Fsp3) is 0.400. The molecule has 0 aliphatic heterocycles. The van der Waals surface area contributed by atoms with Crippen LogP contribution in [0.25, 0.3) is 21.9 Å². The van der Waals surface area contributed by atoms with Crippen LogP contribution in [0.4, 0.5) is 0 Å². The van der Waals surface area contributed by atoms with Crippen molar-refractivity contribution in [2.24, 2.45) is 0 Å². The maximum atomic E-state index is 6.27. The van der Waals surface area contributed by atoms with Crippen LogP contribution in [0.2, 0.25) is 0 Å². The van der Waals surface area contributed by atoms with Gasteiger partial charge in [-0.15, -0.1) is 0 Å². The largest absolute Gasteiger partial charge is 0.332 e. The number of aromatic nitrogens is 2. The molecular formula is C20H24N2. The Labute approximate surface area is 133 Å². The van der Waals surface area contributed by atoms with Gasteiger partial charge < -0.3 is 4.57 Å². The van der Waals surface area contributed by atoms with Crippen LogP contribution >= 0.6 is 0 Å². The Morgan fingerprint density at radius 1 is 0.864 bits per heavy atom. The summed E-state index contributed by atoms with van der Waals surface area (Å²) < 4.78 is 1.75. The van der Waals surface area contributed by atoms with Crippen LogP contribution in [-0.4, -0.2) is 9.55 Å². The lowest BCUT2D eigenvalue weighted by Crippen LogP contribution is -2.13. The minimum Gasteiger partial charge on any atom is -0.332 e. The molecule has 2 heteroatoms. The molecule has 2 nitrogen and oxygen atoms in total. The van der Waals surface area contributed by atoms with Gasteiger partial charge in [0.25, 0.3) is 0 Å². The highest BCUT2D eigenvalue weighted by Crippen LogP contribution is 2.33. The Morgan fingerprint density at radius 2 is 1.50 bits per heavy atom. The lowest BCUT2D eigenvalue weighted by Gasteiger charge is -2.19. The van der Waals surface area contributed by atoms with Crippen molar-refractivity contribution >= 4 is 21.9 Å². The van der Waals surface area contributed by atoms with Crippen molar-refractivity contribution in [2.75, 3.05) is 0 Å². The van der Waals surface area contributed by atoms with E-state index in [-0.39, 0.29) is 10.8 Å². The third kappa shape index (κ3) is 2.31. The SMILES string of the molecule is [CH]n1c2ccc(C(C)(C)C)cc2c2nc(C(C)(C)C)ccc21. The molecule has 0 bridgehead atoms. The van der Waals surface area contributed by atoms with Gasteiger partial charge in [-0.2, -0.15) is 0 Å². The van der Waals surface area contributed by atoms with Gasteiger partial charge in [0.15, 0.2) is 0 Å². The molecule has 0 aliphatic carbocycles. The summed E-state index contributed by atoms with van der Waals surface area (Å²) in [7, 11) is 6.27. The first-order valence-electron chi connectivity index (χ1n) is 7.80. The summed E-state index contributed by atoms with van der Waals surface area (Å²) in [6.07, 6.45) is 0. The second kappa shape index (κ2) is 4.58. The number of benzene rings is 1. The molecule has 0 aliphatic rings. The van der Waals surface area contributed by atoms with E-state index < -0.39 is 0 Å². The van der Waals surface area contributed by atoms with Gasteiger partial charge in [0.2, 0.25) is 0 Å². The van der Waals surface area contributed by atoms with Crippen LogP contribution < -0.4 is 0 Å². The normalized spacial score (nSPS) is 13.2. The van der Waals surface area contributed by atoms with Gasteiger partial charge in [0.05, 0.1) is 23.6 Å². The lowest BCUT2D eigenvalue weighted by molar-refractivity contribution is 0.571. The van der Waals surface area contributed by atoms with Crippen molar-refractivity contribution in [1.82, 2.24) is 9.55 Å². The van der Waals surface area contributed by atoms with E-state index >= 15 is 0 Å². The first-order valence-corrected chi connectivity index (χ1v) is 7.80. The van der Waals surface area contributed by atoms with E-state index in [0.29, 0.717) is 0 Å². The molecule has 3 aromatic rings. The highest BCUT2D eigenvalue weighted by Gasteiger charge is 2.20. The van der Waals surface area contributed by atoms with Gasteiger partial charge in [0, 0.05) is 16.5 Å². The van der Waals surface area contributed by atoms with Crippen LogP contribution in [-0.2, 0) is 10.8 Å². The number of fused-ring (bicyclic) bond motifs is 3. The van der Waals surface area contributed by atoms with Crippen molar-refractivity contribution in [3.8, 4) is 0 Å². The molecule has 2 aromatic heterocycles. The zero-order valence-corrected chi connectivity index (χ0v) is 14.4. The van der Waals surface area contributed by atoms with E-state index in [0.717, 1.165) is 27.6 Å². The van der Waals surface area contributed by atoms with Crippen molar-refractivity contribution < 1.29 is 0 Å². The van der Waals surface area contributed by atoms with E-state index in [1.807, 2.05) is 0 Å². The smallest absolute Gasteiger partial charge is 0.0963 e. The van der Waals surface area contributed by atoms with Gasteiger partial charge in [-0.3, -0.25) is 0 Å². The van der Waals surface area contributed by atoms with E-state index in [9.17, 15) is 0 Å². The summed E-state index contributed by atoms with van der Waals surface area (Å²) in [6, 6.07) is 10.7. The fourth-order valence-corrected chi connectivity index (χ4v) is 2.79. The summed E-state index contributed by atoms with van der Waals surface area (Å²) in [5.41, 5.74) is 5.54. The molecule has 0 saturated carbocycles. The van der Waals surface area contributed by atoms with E-state index in [1.165, 1.54) is 5.56 Å². The molecular weight excluding hydrogens is 268 g/mol. The van der Waals surface area contributed by atoms with Crippen molar-refractivity contribution in [3.05, 3.63) is 48.6 Å². The van der Waals surface area contributed by atoms with Crippen molar-refractivity contribution in [3.63, 3.8) is 0 Å². The van der Waals surface area contributed by atoms with Crippen LogP contribution in [0.15, 0.2) is 30.3 Å². The predicted octanol–water partition coefficient (Wildman–Crippen LogP) is 5.30. The Balaban J connectivity index is 2.38. The summed E-state index contributed by atoms with van der Waals surface area (Å²) in [5, 5.41) is 1.14. The van der Waals surface area contributed by atoms with Gasteiger partial charge in [-0.05, 0) is 35.2 Å². The van der Waals surface area contributed by atoms with E-state index in [1.54, 1.807) is 4.57 Å². The maximum Gasteiger partial charge on any atom is 0.0963 e. The summed E-state index contributed by atoms with van der Waals surface area (Å²) >= 11 is 0. The number of hydrogen-bond donors (Lipinski definition) is 0. The first kappa shape index (κ1) is 15.1. The number of hydrogen-bond acceptors (Lipinski definition) is 1. The van der Waals surface area contributed by atoms with Crippen LogP contribution in [0.1, 0.15) is 52.8 Å². The summed E-state index contributed by atoms with van der Waals surface area (Å²) in [4.78, 5) is 4.92. The molecule has 2 radical (unpaired) electrons. The molecule has 0 N–H and O–H groups in total. The van der Waals surface area contributed by atoms with Crippen LogP contribution in [0.3, 0.4) is 0 Å². The van der Waals surface area contributed by atoms with Crippen LogP contribution in [0, 0.1) is 7.05 Å². The Bertz CT molecular complexity index is 784. The number of nitrogens with zero attached hydrogens (tertiary/aromatic N) is 2. The van der Waals surface area contributed by atoms with Crippen molar-refractivity contribution in [2.45, 2.75) is 52.4 Å². The summed E-state index contributed by atoms with van der Waals surface area (Å²) in [5.74, 6) is 0. The third-order valence-corrected chi connectivity index (χ3v) is 4.28. The lowest BCUT2D eigenvalue weighted by atomic mass is 9.86. The second-order valence-electron chi connectivity index (χ2n) is 8.17. The zero-order chi connectivity index (χ0) is 16.3. The van der Waals surface area contributed by atoms with Gasteiger partial charge in [-0.25, -0.2) is 4.98 Å². The predicted molar refractivity (Wildman–Crippen MR) is 94.3 cm³/mol.